The lowest BCUT2D eigenvalue weighted by molar-refractivity contribution is 0.243. The van der Waals surface area contributed by atoms with Crippen molar-refractivity contribution >= 4 is 17.4 Å². The number of ether oxygens (including phenoxy) is 1. The molecule has 4 heteroatoms. The molecule has 1 fully saturated rings. The molecule has 0 aliphatic carbocycles. The van der Waals surface area contributed by atoms with Crippen LogP contribution in [-0.4, -0.2) is 38.2 Å². The monoisotopic (exact) mass is 390 g/mol. The molecule has 0 spiro atoms. The van der Waals surface area contributed by atoms with Crippen LogP contribution in [0, 0.1) is 0 Å². The minimum Gasteiger partial charge on any atom is -0.497 e. The van der Waals surface area contributed by atoms with Gasteiger partial charge in [0.25, 0.3) is 0 Å². The van der Waals surface area contributed by atoms with Crippen molar-refractivity contribution < 1.29 is 4.74 Å². The van der Waals surface area contributed by atoms with E-state index >= 15 is 0 Å². The van der Waals surface area contributed by atoms with Crippen molar-refractivity contribution in [2.75, 3.05) is 38.2 Å². The first kappa shape index (κ1) is 18.9. The summed E-state index contributed by atoms with van der Waals surface area (Å²) in [5.74, 6) is 0.904. The number of benzene rings is 3. The second-order valence-electron chi connectivity index (χ2n) is 6.91. The Morgan fingerprint density at radius 1 is 0.750 bits per heavy atom. The fourth-order valence-electron chi connectivity index (χ4n) is 3.60. The molecule has 28 heavy (non-hydrogen) atoms. The number of anilines is 1. The molecule has 0 amide bonds. The van der Waals surface area contributed by atoms with Gasteiger partial charge in [0.15, 0.2) is 0 Å². The van der Waals surface area contributed by atoms with Gasteiger partial charge in [-0.1, -0.05) is 48.5 Å². The van der Waals surface area contributed by atoms with Crippen molar-refractivity contribution in [3.05, 3.63) is 90.5 Å². The third-order valence-electron chi connectivity index (χ3n) is 5.16. The third kappa shape index (κ3) is 4.51. The molecular weight excluding hydrogens is 364 g/mol. The van der Waals surface area contributed by atoms with E-state index in [1.54, 1.807) is 7.11 Å². The van der Waals surface area contributed by atoms with E-state index < -0.39 is 0 Å². The maximum atomic E-state index is 5.35. The van der Waals surface area contributed by atoms with Gasteiger partial charge in [-0.05, 0) is 42.0 Å². The number of piperazine rings is 1. The van der Waals surface area contributed by atoms with E-state index in [0.29, 0.717) is 5.37 Å². The molecule has 1 aliphatic heterocycles. The van der Waals surface area contributed by atoms with Crippen LogP contribution in [0.15, 0.2) is 89.8 Å². The van der Waals surface area contributed by atoms with Crippen LogP contribution in [0.4, 0.5) is 5.69 Å². The molecule has 0 unspecified atom stereocenters. The van der Waals surface area contributed by atoms with Gasteiger partial charge in [0.2, 0.25) is 0 Å². The Labute approximate surface area is 171 Å². The van der Waals surface area contributed by atoms with E-state index in [1.807, 2.05) is 11.8 Å². The largest absolute Gasteiger partial charge is 0.497 e. The molecule has 144 valence electrons. The molecule has 0 N–H and O–H groups in total. The SMILES string of the molecule is COc1ccc([C@H](Sc2ccccc2)N2CCN(c3ccccc3)CC2)cc1. The zero-order valence-corrected chi connectivity index (χ0v) is 17.0. The van der Waals surface area contributed by atoms with Crippen molar-refractivity contribution in [3.63, 3.8) is 0 Å². The molecule has 1 atom stereocenters. The maximum absolute atomic E-state index is 5.35. The van der Waals surface area contributed by atoms with Crippen LogP contribution < -0.4 is 9.64 Å². The Morgan fingerprint density at radius 2 is 1.36 bits per heavy atom. The minimum absolute atomic E-state index is 0.297. The van der Waals surface area contributed by atoms with Gasteiger partial charge in [0.05, 0.1) is 12.5 Å². The molecular formula is C24H26N2OS. The van der Waals surface area contributed by atoms with Gasteiger partial charge < -0.3 is 9.64 Å². The molecule has 1 saturated heterocycles. The predicted molar refractivity (Wildman–Crippen MR) is 118 cm³/mol. The molecule has 3 aromatic rings. The van der Waals surface area contributed by atoms with Crippen LogP contribution in [0.1, 0.15) is 10.9 Å². The number of rotatable bonds is 6. The van der Waals surface area contributed by atoms with Gasteiger partial charge >= 0.3 is 0 Å². The summed E-state index contributed by atoms with van der Waals surface area (Å²) < 4.78 is 5.35. The molecule has 0 bridgehead atoms. The Bertz CT molecular complexity index is 847. The number of hydrogen-bond donors (Lipinski definition) is 0. The topological polar surface area (TPSA) is 15.7 Å². The van der Waals surface area contributed by atoms with Gasteiger partial charge in [0, 0.05) is 36.8 Å². The fourth-order valence-corrected chi connectivity index (χ4v) is 4.83. The summed E-state index contributed by atoms with van der Waals surface area (Å²) in [5.41, 5.74) is 2.64. The van der Waals surface area contributed by atoms with E-state index in [9.17, 15) is 0 Å². The van der Waals surface area contributed by atoms with Gasteiger partial charge in [-0.25, -0.2) is 0 Å². The summed E-state index contributed by atoms with van der Waals surface area (Å²) in [6, 6.07) is 29.9. The lowest BCUT2D eigenvalue weighted by atomic mass is 10.1. The van der Waals surface area contributed by atoms with Crippen molar-refractivity contribution in [2.45, 2.75) is 10.3 Å². The highest BCUT2D eigenvalue weighted by atomic mass is 32.2. The minimum atomic E-state index is 0.297. The van der Waals surface area contributed by atoms with Crippen LogP contribution in [-0.2, 0) is 0 Å². The lowest BCUT2D eigenvalue weighted by Gasteiger charge is -2.40. The van der Waals surface area contributed by atoms with Crippen molar-refractivity contribution in [3.8, 4) is 5.75 Å². The lowest BCUT2D eigenvalue weighted by Crippen LogP contribution is -2.47. The highest BCUT2D eigenvalue weighted by molar-refractivity contribution is 7.99. The zero-order valence-electron chi connectivity index (χ0n) is 16.2. The van der Waals surface area contributed by atoms with Gasteiger partial charge in [-0.15, -0.1) is 11.8 Å². The predicted octanol–water partition coefficient (Wildman–Crippen LogP) is 5.31. The highest BCUT2D eigenvalue weighted by Gasteiger charge is 2.26. The second kappa shape index (κ2) is 9.18. The summed E-state index contributed by atoms with van der Waals surface area (Å²) in [4.78, 5) is 6.38. The first-order chi connectivity index (χ1) is 13.8. The van der Waals surface area contributed by atoms with E-state index in [-0.39, 0.29) is 0 Å². The average Bonchev–Trinajstić information content (AvgIpc) is 2.79. The molecule has 3 nitrogen and oxygen atoms in total. The standard InChI is InChI=1S/C24H26N2OS/c1-27-22-14-12-20(13-15-22)24(28-23-10-6-3-7-11-23)26-18-16-25(17-19-26)21-8-4-2-5-9-21/h2-15,24H,16-19H2,1H3/t24-/m0/s1. The summed E-state index contributed by atoms with van der Waals surface area (Å²) in [6.45, 7) is 4.19. The van der Waals surface area contributed by atoms with Crippen LogP contribution in [0.25, 0.3) is 0 Å². The van der Waals surface area contributed by atoms with E-state index in [4.69, 9.17) is 4.74 Å². The van der Waals surface area contributed by atoms with Gasteiger partial charge in [0.1, 0.15) is 5.75 Å². The smallest absolute Gasteiger partial charge is 0.118 e. The number of hydrogen-bond acceptors (Lipinski definition) is 4. The Morgan fingerprint density at radius 3 is 1.96 bits per heavy atom. The van der Waals surface area contributed by atoms with Crippen LogP contribution in [0.2, 0.25) is 0 Å². The van der Waals surface area contributed by atoms with E-state index in [1.165, 1.54) is 16.1 Å². The first-order valence-corrected chi connectivity index (χ1v) is 10.6. The average molecular weight is 391 g/mol. The summed E-state index contributed by atoms with van der Waals surface area (Å²) >= 11 is 1.93. The van der Waals surface area contributed by atoms with E-state index in [2.05, 4.69) is 94.7 Å². The number of para-hydroxylation sites is 1. The number of methoxy groups -OCH3 is 1. The molecule has 0 aromatic heterocycles. The van der Waals surface area contributed by atoms with Crippen molar-refractivity contribution in [1.82, 2.24) is 4.90 Å². The Kier molecular flexibility index (Phi) is 6.20. The van der Waals surface area contributed by atoms with Crippen LogP contribution in [0.3, 0.4) is 0 Å². The summed E-state index contributed by atoms with van der Waals surface area (Å²) in [5, 5.41) is 0.297. The number of thioether (sulfide) groups is 1. The molecule has 1 aliphatic rings. The molecule has 0 saturated carbocycles. The molecule has 3 aromatic carbocycles. The number of nitrogens with zero attached hydrogens (tertiary/aromatic N) is 2. The Balaban J connectivity index is 1.51. The third-order valence-corrected chi connectivity index (χ3v) is 6.50. The summed E-state index contributed by atoms with van der Waals surface area (Å²) in [6.07, 6.45) is 0. The van der Waals surface area contributed by atoms with Gasteiger partial charge in [-0.2, -0.15) is 0 Å². The van der Waals surface area contributed by atoms with Crippen molar-refractivity contribution in [2.24, 2.45) is 0 Å². The molecule has 1 heterocycles. The van der Waals surface area contributed by atoms with E-state index in [0.717, 1.165) is 31.9 Å². The molecule has 4 rings (SSSR count). The van der Waals surface area contributed by atoms with Crippen LogP contribution in [0.5, 0.6) is 5.75 Å². The second-order valence-corrected chi connectivity index (χ2v) is 8.07. The Hall–Kier alpha value is -2.43. The molecule has 0 radical (unpaired) electrons. The zero-order chi connectivity index (χ0) is 19.2. The van der Waals surface area contributed by atoms with Crippen LogP contribution >= 0.6 is 11.8 Å². The summed E-state index contributed by atoms with van der Waals surface area (Å²) in [7, 11) is 1.72. The fraction of sp³-hybridized carbons (Fsp3) is 0.250. The highest BCUT2D eigenvalue weighted by Crippen LogP contribution is 2.39. The van der Waals surface area contributed by atoms with Gasteiger partial charge in [-0.3, -0.25) is 4.90 Å². The maximum Gasteiger partial charge on any atom is 0.118 e. The first-order valence-electron chi connectivity index (χ1n) is 9.73. The quantitative estimate of drug-likeness (QED) is 0.530. The normalized spacial score (nSPS) is 16.0. The van der Waals surface area contributed by atoms with Crippen molar-refractivity contribution in [1.29, 1.82) is 0 Å².